The predicted octanol–water partition coefficient (Wildman–Crippen LogP) is 2.20. The van der Waals surface area contributed by atoms with Crippen molar-refractivity contribution in [3.8, 4) is 0 Å². The van der Waals surface area contributed by atoms with Crippen molar-refractivity contribution in [2.75, 3.05) is 13.7 Å². The van der Waals surface area contributed by atoms with Gasteiger partial charge in [0.25, 0.3) is 0 Å². The van der Waals surface area contributed by atoms with Crippen LogP contribution in [0.2, 0.25) is 0 Å². The smallest absolute Gasteiger partial charge is 0.195 e. The number of methoxy groups -OCH3 is 1. The number of hydrogen-bond acceptors (Lipinski definition) is 3. The van der Waals surface area contributed by atoms with E-state index < -0.39 is 0 Å². The zero-order chi connectivity index (χ0) is 11.1. The summed E-state index contributed by atoms with van der Waals surface area (Å²) in [5.74, 6) is 1.68. The second-order valence-corrected chi connectivity index (χ2v) is 5.13. The summed E-state index contributed by atoms with van der Waals surface area (Å²) in [6.45, 7) is 4.88. The first-order chi connectivity index (χ1) is 7.06. The fourth-order valence-corrected chi connectivity index (χ4v) is 2.31. The zero-order valence-electron chi connectivity index (χ0n) is 9.41. The van der Waals surface area contributed by atoms with Gasteiger partial charge >= 0.3 is 0 Å². The molecule has 0 aromatic carbocycles. The third kappa shape index (κ3) is 1.99. The van der Waals surface area contributed by atoms with Crippen molar-refractivity contribution < 1.29 is 4.74 Å². The summed E-state index contributed by atoms with van der Waals surface area (Å²) in [5.41, 5.74) is -0.128. The van der Waals surface area contributed by atoms with E-state index >= 15 is 0 Å². The summed E-state index contributed by atoms with van der Waals surface area (Å²) in [7, 11) is 1.71. The van der Waals surface area contributed by atoms with Gasteiger partial charge < -0.3 is 4.74 Å². The number of nitrogens with one attached hydrogen (secondary N) is 1. The minimum absolute atomic E-state index is 0.128. The molecule has 0 atom stereocenters. The van der Waals surface area contributed by atoms with Crippen LogP contribution in [0.25, 0.3) is 0 Å². The molecular weight excluding hydrogens is 210 g/mol. The molecule has 1 N–H and O–H groups in total. The van der Waals surface area contributed by atoms with Gasteiger partial charge in [-0.2, -0.15) is 5.10 Å². The summed E-state index contributed by atoms with van der Waals surface area (Å²) in [6.07, 6.45) is 2.45. The van der Waals surface area contributed by atoms with Gasteiger partial charge in [0.15, 0.2) is 4.77 Å². The Kier molecular flexibility index (Phi) is 2.68. The van der Waals surface area contributed by atoms with Gasteiger partial charge in [-0.05, 0) is 38.9 Å². The average molecular weight is 227 g/mol. The first-order valence-electron chi connectivity index (χ1n) is 5.23. The third-order valence-electron chi connectivity index (χ3n) is 2.74. The highest BCUT2D eigenvalue weighted by Gasteiger charge is 2.33. The van der Waals surface area contributed by atoms with Crippen molar-refractivity contribution >= 4 is 12.2 Å². The standard InChI is InChI=1S/C10H17N3OS/c1-10(2,6-14-3)13-8(7-4-5-7)11-12-9(13)15/h7H,4-6H2,1-3H3,(H,12,15). The molecule has 84 valence electrons. The van der Waals surface area contributed by atoms with Crippen LogP contribution in [0.15, 0.2) is 0 Å². The third-order valence-corrected chi connectivity index (χ3v) is 3.02. The lowest BCUT2D eigenvalue weighted by molar-refractivity contribution is 0.106. The van der Waals surface area contributed by atoms with E-state index in [0.717, 1.165) is 5.82 Å². The molecule has 1 aromatic heterocycles. The summed E-state index contributed by atoms with van der Waals surface area (Å²) in [4.78, 5) is 0. The van der Waals surface area contributed by atoms with Crippen LogP contribution in [0.4, 0.5) is 0 Å². The second kappa shape index (κ2) is 3.72. The molecule has 1 heterocycles. The van der Waals surface area contributed by atoms with E-state index in [1.807, 2.05) is 0 Å². The van der Waals surface area contributed by atoms with E-state index in [-0.39, 0.29) is 5.54 Å². The SMILES string of the molecule is COCC(C)(C)n1c(C2CC2)n[nH]c1=S. The van der Waals surface area contributed by atoms with E-state index in [0.29, 0.717) is 17.3 Å². The van der Waals surface area contributed by atoms with Crippen molar-refractivity contribution in [1.82, 2.24) is 14.8 Å². The largest absolute Gasteiger partial charge is 0.382 e. The highest BCUT2D eigenvalue weighted by molar-refractivity contribution is 7.71. The number of H-pyrrole nitrogens is 1. The summed E-state index contributed by atoms with van der Waals surface area (Å²) < 4.78 is 8.03. The molecule has 0 saturated heterocycles. The Morgan fingerprint density at radius 2 is 2.27 bits per heavy atom. The average Bonchev–Trinajstić information content (AvgIpc) is 2.89. The molecule has 0 aliphatic heterocycles. The van der Waals surface area contributed by atoms with E-state index in [2.05, 4.69) is 28.6 Å². The zero-order valence-corrected chi connectivity index (χ0v) is 10.2. The van der Waals surface area contributed by atoms with Gasteiger partial charge in [-0.1, -0.05) is 0 Å². The number of ether oxygens (including phenoxy) is 1. The van der Waals surface area contributed by atoms with Gasteiger partial charge in [0.1, 0.15) is 5.82 Å². The van der Waals surface area contributed by atoms with Crippen molar-refractivity contribution in [1.29, 1.82) is 0 Å². The van der Waals surface area contributed by atoms with Crippen LogP contribution < -0.4 is 0 Å². The lowest BCUT2D eigenvalue weighted by Gasteiger charge is -2.26. The fourth-order valence-electron chi connectivity index (χ4n) is 1.93. The van der Waals surface area contributed by atoms with Crippen molar-refractivity contribution in [2.45, 2.75) is 38.1 Å². The normalized spacial score (nSPS) is 17.0. The van der Waals surface area contributed by atoms with Crippen LogP contribution in [0, 0.1) is 4.77 Å². The van der Waals surface area contributed by atoms with Crippen LogP contribution >= 0.6 is 12.2 Å². The Hall–Kier alpha value is -0.680. The second-order valence-electron chi connectivity index (χ2n) is 4.74. The number of aromatic amines is 1. The summed E-state index contributed by atoms with van der Waals surface area (Å²) in [5, 5.41) is 7.20. The molecule has 0 radical (unpaired) electrons. The minimum Gasteiger partial charge on any atom is -0.382 e. The van der Waals surface area contributed by atoms with E-state index in [9.17, 15) is 0 Å². The van der Waals surface area contributed by atoms with Gasteiger partial charge in [0.05, 0.1) is 12.1 Å². The van der Waals surface area contributed by atoms with Crippen LogP contribution in [0.1, 0.15) is 38.4 Å². The van der Waals surface area contributed by atoms with Crippen LogP contribution in [-0.2, 0) is 10.3 Å². The molecule has 1 aliphatic carbocycles. The minimum atomic E-state index is -0.128. The van der Waals surface area contributed by atoms with E-state index in [4.69, 9.17) is 17.0 Å². The molecule has 5 heteroatoms. The molecule has 1 fully saturated rings. The molecule has 1 aromatic rings. The van der Waals surface area contributed by atoms with Crippen molar-refractivity contribution in [2.24, 2.45) is 0 Å². The van der Waals surface area contributed by atoms with Gasteiger partial charge in [-0.3, -0.25) is 9.67 Å². The van der Waals surface area contributed by atoms with E-state index in [1.165, 1.54) is 12.8 Å². The number of nitrogens with zero attached hydrogens (tertiary/aromatic N) is 2. The van der Waals surface area contributed by atoms with Crippen LogP contribution in [0.5, 0.6) is 0 Å². The Morgan fingerprint density at radius 1 is 1.60 bits per heavy atom. The first-order valence-corrected chi connectivity index (χ1v) is 5.64. The van der Waals surface area contributed by atoms with Crippen LogP contribution in [-0.4, -0.2) is 28.5 Å². The number of hydrogen-bond donors (Lipinski definition) is 1. The lowest BCUT2D eigenvalue weighted by Crippen LogP contribution is -2.33. The van der Waals surface area contributed by atoms with Crippen LogP contribution in [0.3, 0.4) is 0 Å². The quantitative estimate of drug-likeness (QED) is 0.802. The molecule has 0 bridgehead atoms. The Labute approximate surface area is 94.6 Å². The van der Waals surface area contributed by atoms with E-state index in [1.54, 1.807) is 7.11 Å². The molecular formula is C10H17N3OS. The molecule has 1 aliphatic rings. The number of aromatic nitrogens is 3. The Morgan fingerprint density at radius 3 is 2.80 bits per heavy atom. The molecule has 0 amide bonds. The first kappa shape index (κ1) is 10.8. The molecule has 1 saturated carbocycles. The summed E-state index contributed by atoms with van der Waals surface area (Å²) in [6, 6.07) is 0. The predicted molar refractivity (Wildman–Crippen MR) is 60.6 cm³/mol. The summed E-state index contributed by atoms with van der Waals surface area (Å²) >= 11 is 5.27. The lowest BCUT2D eigenvalue weighted by atomic mass is 10.1. The number of rotatable bonds is 4. The fraction of sp³-hybridized carbons (Fsp3) is 0.800. The molecule has 0 spiro atoms. The highest BCUT2D eigenvalue weighted by atomic mass is 32.1. The molecule has 0 unspecified atom stereocenters. The maximum atomic E-state index is 5.27. The maximum Gasteiger partial charge on any atom is 0.195 e. The maximum absolute atomic E-state index is 5.27. The Balaban J connectivity index is 2.40. The molecule has 2 rings (SSSR count). The van der Waals surface area contributed by atoms with Crippen molar-refractivity contribution in [3.05, 3.63) is 10.6 Å². The van der Waals surface area contributed by atoms with Crippen molar-refractivity contribution in [3.63, 3.8) is 0 Å². The topological polar surface area (TPSA) is 42.8 Å². The molecule has 15 heavy (non-hydrogen) atoms. The van der Waals surface area contributed by atoms with Gasteiger partial charge in [0.2, 0.25) is 0 Å². The van der Waals surface area contributed by atoms with Gasteiger partial charge in [-0.15, -0.1) is 0 Å². The van der Waals surface area contributed by atoms with Gasteiger partial charge in [0, 0.05) is 13.0 Å². The Bertz CT molecular complexity index is 403. The highest BCUT2D eigenvalue weighted by Crippen LogP contribution is 2.40. The van der Waals surface area contributed by atoms with Gasteiger partial charge in [-0.25, -0.2) is 0 Å². The molecule has 4 nitrogen and oxygen atoms in total. The monoisotopic (exact) mass is 227 g/mol.